The van der Waals surface area contributed by atoms with Crippen molar-refractivity contribution in [2.45, 2.75) is 0 Å². The third-order valence-electron chi connectivity index (χ3n) is 0.655. The van der Waals surface area contributed by atoms with E-state index in [1.54, 1.807) is 0 Å². The first-order valence-corrected chi connectivity index (χ1v) is 1.82. The fourth-order valence-electron chi connectivity index (χ4n) is 0.393. The van der Waals surface area contributed by atoms with E-state index in [1.807, 2.05) is 0 Å². The van der Waals surface area contributed by atoms with Gasteiger partial charge >= 0.3 is 32.6 Å². The fraction of sp³-hybridized carbons (Fsp3) is 0. The monoisotopic (exact) mass is 60.1 g/mol. The number of hydrogen-bond donors (Lipinski definition) is 0. The van der Waals surface area contributed by atoms with E-state index in [0.29, 0.717) is 0 Å². The SMILES string of the molecule is B1=BC=CB1. The van der Waals surface area contributed by atoms with Crippen LogP contribution < -0.4 is 0 Å². The van der Waals surface area contributed by atoms with E-state index in [-0.39, 0.29) is 0 Å². The van der Waals surface area contributed by atoms with Crippen LogP contribution in [0.25, 0.3) is 0 Å². The number of rotatable bonds is 0. The summed E-state index contributed by atoms with van der Waals surface area (Å²) < 4.78 is 0. The van der Waals surface area contributed by atoms with Crippen molar-refractivity contribution in [3.05, 3.63) is 12.0 Å². The second-order valence-corrected chi connectivity index (χ2v) is 1.09. The molecule has 1 rings (SSSR count). The van der Waals surface area contributed by atoms with Crippen LogP contribution in [0.4, 0.5) is 0 Å². The Labute approximate surface area is 33.6 Å². The summed E-state index contributed by atoms with van der Waals surface area (Å²) in [6, 6.07) is 0. The van der Waals surface area contributed by atoms with Crippen LogP contribution in [0.3, 0.4) is 0 Å². The molecule has 0 spiro atoms. The van der Waals surface area contributed by atoms with Gasteiger partial charge in [-0.1, -0.05) is 0 Å². The zero-order valence-electron chi connectivity index (χ0n) is 3.02. The van der Waals surface area contributed by atoms with Gasteiger partial charge in [-0.2, -0.15) is 0 Å². The van der Waals surface area contributed by atoms with Gasteiger partial charge in [0.15, 0.2) is 0 Å². The maximum absolute atomic E-state index is 2.12. The molecule has 3 heteroatoms. The first kappa shape index (κ1) is 3.14. The Balaban J connectivity index is 2.61. The molecule has 0 unspecified atom stereocenters. The van der Waals surface area contributed by atoms with Crippen molar-refractivity contribution in [1.29, 1.82) is 0 Å². The Morgan fingerprint density at radius 1 is 1.60 bits per heavy atom. The van der Waals surface area contributed by atoms with Crippen molar-refractivity contribution in [3.63, 3.8) is 0 Å². The van der Waals surface area contributed by atoms with Gasteiger partial charge in [0, 0.05) is 0 Å². The molecular weight excluding hydrogens is 56.5 g/mol. The van der Waals surface area contributed by atoms with E-state index in [2.05, 4.69) is 25.4 Å². The Kier molecular flexibility index (Phi) is 0.873. The second-order valence-electron chi connectivity index (χ2n) is 1.09. The molecule has 1 heterocycles. The Morgan fingerprint density at radius 2 is 2.60 bits per heavy atom. The van der Waals surface area contributed by atoms with Crippen LogP contribution in [0.1, 0.15) is 0 Å². The molecule has 5 heavy (non-hydrogen) atoms. The predicted octanol–water partition coefficient (Wildman–Crippen LogP) is -0.854. The molecule has 0 aromatic heterocycles. The molecule has 0 aromatic carbocycles. The van der Waals surface area contributed by atoms with Gasteiger partial charge in [-0.3, -0.25) is 0 Å². The van der Waals surface area contributed by atoms with Crippen molar-refractivity contribution in [2.75, 3.05) is 0 Å². The average molecular weight is 59.5 g/mol. The molecule has 0 nitrogen and oxygen atoms in total. The first-order valence-electron chi connectivity index (χ1n) is 1.82. The zero-order chi connectivity index (χ0) is 3.54. The summed E-state index contributed by atoms with van der Waals surface area (Å²) in [5.74, 6) is 4.18. The van der Waals surface area contributed by atoms with Gasteiger partial charge in [-0.25, -0.2) is 0 Å². The van der Waals surface area contributed by atoms with Gasteiger partial charge in [0.25, 0.3) is 0 Å². The predicted molar refractivity (Wildman–Crippen MR) is 27.8 cm³/mol. The molecule has 0 atom stereocenters. The van der Waals surface area contributed by atoms with Crippen LogP contribution in [-0.2, 0) is 0 Å². The molecule has 0 fully saturated rings. The van der Waals surface area contributed by atoms with Crippen molar-refractivity contribution >= 4 is 20.7 Å². The van der Waals surface area contributed by atoms with E-state index in [9.17, 15) is 0 Å². The quantitative estimate of drug-likeness (QED) is 0.319. The summed E-state index contributed by atoms with van der Waals surface area (Å²) in [6.45, 7) is 4.18. The van der Waals surface area contributed by atoms with Crippen LogP contribution in [-0.4, -0.2) is 20.7 Å². The standard InChI is InChI=1S/C2H3B3/c1-2-4-5-3-1/h1-3H. The van der Waals surface area contributed by atoms with Gasteiger partial charge < -0.3 is 0 Å². The topological polar surface area (TPSA) is 0 Å². The minimum atomic E-state index is 1.14. The van der Waals surface area contributed by atoms with Gasteiger partial charge in [-0.05, 0) is 0 Å². The molecule has 0 saturated heterocycles. The van der Waals surface area contributed by atoms with Crippen molar-refractivity contribution in [2.24, 2.45) is 0 Å². The third kappa shape index (κ3) is 0.605. The Hall–Kier alpha value is -0.0652. The molecular formula is C2H3B3. The van der Waals surface area contributed by atoms with Crippen LogP contribution in [0.5, 0.6) is 0 Å². The van der Waals surface area contributed by atoms with Crippen LogP contribution in [0.15, 0.2) is 12.0 Å². The molecule has 0 amide bonds. The summed E-state index contributed by atoms with van der Waals surface area (Å²) in [6.07, 6.45) is 0. The molecule has 1 aliphatic heterocycles. The molecule has 0 aliphatic carbocycles. The number of hydrogen-bond acceptors (Lipinski definition) is 0. The van der Waals surface area contributed by atoms with E-state index < -0.39 is 0 Å². The maximum atomic E-state index is 2.12. The Bertz CT molecular complexity index is 63.0. The summed E-state index contributed by atoms with van der Waals surface area (Å²) in [5.41, 5.74) is 0. The van der Waals surface area contributed by atoms with Gasteiger partial charge in [0.2, 0.25) is 0 Å². The van der Waals surface area contributed by atoms with Crippen LogP contribution in [0.2, 0.25) is 0 Å². The normalized spacial score (nSPS) is 12.8. The summed E-state index contributed by atoms with van der Waals surface area (Å²) in [5, 5.41) is 0. The zero-order valence-corrected chi connectivity index (χ0v) is 3.02. The van der Waals surface area contributed by atoms with E-state index in [1.165, 1.54) is 0 Å². The first-order chi connectivity index (χ1) is 2.50. The van der Waals surface area contributed by atoms with Crippen molar-refractivity contribution in [1.82, 2.24) is 0 Å². The van der Waals surface area contributed by atoms with Crippen molar-refractivity contribution in [3.8, 4) is 0 Å². The van der Waals surface area contributed by atoms with Crippen molar-refractivity contribution < 1.29 is 0 Å². The van der Waals surface area contributed by atoms with Crippen LogP contribution >= 0.6 is 0 Å². The fourth-order valence-corrected chi connectivity index (χ4v) is 0.393. The van der Waals surface area contributed by atoms with Gasteiger partial charge in [0.1, 0.15) is 0 Å². The summed E-state index contributed by atoms with van der Waals surface area (Å²) in [4.78, 5) is 0. The van der Waals surface area contributed by atoms with E-state index in [0.717, 1.165) is 7.17 Å². The van der Waals surface area contributed by atoms with E-state index in [4.69, 9.17) is 0 Å². The summed E-state index contributed by atoms with van der Waals surface area (Å²) >= 11 is 0. The average Bonchev–Trinajstić information content (AvgIpc) is 1.76. The minimum absolute atomic E-state index is 1.14. The summed E-state index contributed by atoms with van der Waals surface area (Å²) in [7, 11) is 1.14. The van der Waals surface area contributed by atoms with Gasteiger partial charge in [0.05, 0.1) is 0 Å². The molecule has 0 bridgehead atoms. The molecule has 1 aliphatic rings. The molecule has 0 radical (unpaired) electrons. The molecule has 0 saturated carbocycles. The molecule has 0 aromatic rings. The molecule has 0 N–H and O–H groups in total. The molecule has 20 valence electrons. The van der Waals surface area contributed by atoms with Gasteiger partial charge in [-0.15, -0.1) is 0 Å². The Morgan fingerprint density at radius 3 is 2.80 bits per heavy atom. The third-order valence-corrected chi connectivity index (χ3v) is 0.655. The van der Waals surface area contributed by atoms with E-state index >= 15 is 0 Å². The second kappa shape index (κ2) is 1.39. The van der Waals surface area contributed by atoms with Crippen LogP contribution in [0, 0.1) is 0 Å².